The van der Waals surface area contributed by atoms with Crippen LogP contribution in [0.3, 0.4) is 0 Å². The SMILES string of the molecule is C=CCn1c(=S)ccc2ccccc21. The van der Waals surface area contributed by atoms with Gasteiger partial charge in [-0.2, -0.15) is 0 Å². The van der Waals surface area contributed by atoms with Gasteiger partial charge in [0.1, 0.15) is 4.64 Å². The van der Waals surface area contributed by atoms with Crippen LogP contribution in [0, 0.1) is 4.64 Å². The molecule has 0 amide bonds. The van der Waals surface area contributed by atoms with E-state index >= 15 is 0 Å². The highest BCUT2D eigenvalue weighted by Crippen LogP contribution is 2.14. The number of rotatable bonds is 2. The van der Waals surface area contributed by atoms with Gasteiger partial charge in [0.2, 0.25) is 0 Å². The molecule has 0 aliphatic heterocycles. The first-order valence-corrected chi connectivity index (χ1v) is 4.93. The fourth-order valence-electron chi connectivity index (χ4n) is 1.56. The molecule has 70 valence electrons. The van der Waals surface area contributed by atoms with Crippen LogP contribution in [0.4, 0.5) is 0 Å². The Morgan fingerprint density at radius 1 is 1.21 bits per heavy atom. The van der Waals surface area contributed by atoms with Gasteiger partial charge < -0.3 is 4.57 Å². The van der Waals surface area contributed by atoms with Gasteiger partial charge >= 0.3 is 0 Å². The maximum Gasteiger partial charge on any atom is 0.106 e. The first kappa shape index (κ1) is 9.16. The summed E-state index contributed by atoms with van der Waals surface area (Å²) in [6, 6.07) is 12.2. The molecule has 0 aliphatic rings. The van der Waals surface area contributed by atoms with Crippen LogP contribution in [-0.4, -0.2) is 4.57 Å². The van der Waals surface area contributed by atoms with Crippen molar-refractivity contribution in [3.8, 4) is 0 Å². The van der Waals surface area contributed by atoms with Crippen molar-refractivity contribution in [1.29, 1.82) is 0 Å². The van der Waals surface area contributed by atoms with E-state index in [1.807, 2.05) is 24.3 Å². The number of hydrogen-bond acceptors (Lipinski definition) is 1. The Morgan fingerprint density at radius 3 is 2.79 bits per heavy atom. The van der Waals surface area contributed by atoms with Crippen LogP contribution >= 0.6 is 12.2 Å². The number of aromatic nitrogens is 1. The van der Waals surface area contributed by atoms with Gasteiger partial charge in [0.15, 0.2) is 0 Å². The summed E-state index contributed by atoms with van der Waals surface area (Å²) < 4.78 is 2.93. The van der Waals surface area contributed by atoms with Crippen molar-refractivity contribution in [2.75, 3.05) is 0 Å². The molecule has 0 fully saturated rings. The van der Waals surface area contributed by atoms with Crippen molar-refractivity contribution < 1.29 is 0 Å². The zero-order chi connectivity index (χ0) is 9.97. The number of para-hydroxylation sites is 1. The van der Waals surface area contributed by atoms with Gasteiger partial charge in [-0.3, -0.25) is 0 Å². The molecule has 0 saturated carbocycles. The van der Waals surface area contributed by atoms with Crippen LogP contribution in [0.15, 0.2) is 49.1 Å². The maximum absolute atomic E-state index is 5.26. The van der Waals surface area contributed by atoms with E-state index in [2.05, 4.69) is 29.3 Å². The van der Waals surface area contributed by atoms with Gasteiger partial charge in [0, 0.05) is 12.1 Å². The molecular formula is C12H11NS. The fraction of sp³-hybridized carbons (Fsp3) is 0.0833. The second kappa shape index (κ2) is 3.76. The van der Waals surface area contributed by atoms with E-state index in [1.54, 1.807) is 0 Å². The lowest BCUT2D eigenvalue weighted by Crippen LogP contribution is -1.99. The number of pyridine rings is 1. The number of allylic oxidation sites excluding steroid dienone is 1. The summed E-state index contributed by atoms with van der Waals surface area (Å²) in [5.41, 5.74) is 1.17. The maximum atomic E-state index is 5.26. The summed E-state index contributed by atoms with van der Waals surface area (Å²) in [4.78, 5) is 0. The molecule has 2 aromatic rings. The second-order valence-electron chi connectivity index (χ2n) is 3.13. The number of fused-ring (bicyclic) bond motifs is 1. The number of benzene rings is 1. The normalized spacial score (nSPS) is 10.3. The van der Waals surface area contributed by atoms with E-state index < -0.39 is 0 Å². The first-order chi connectivity index (χ1) is 6.83. The molecule has 0 N–H and O–H groups in total. The minimum Gasteiger partial charge on any atom is -0.328 e. The second-order valence-corrected chi connectivity index (χ2v) is 3.55. The van der Waals surface area contributed by atoms with Gasteiger partial charge in [-0.1, -0.05) is 36.5 Å². The minimum atomic E-state index is 0.764. The summed E-state index contributed by atoms with van der Waals surface area (Å²) in [7, 11) is 0. The summed E-state index contributed by atoms with van der Waals surface area (Å²) in [6.07, 6.45) is 1.86. The molecule has 0 unspecified atom stereocenters. The Labute approximate surface area is 88.3 Å². The monoisotopic (exact) mass is 201 g/mol. The van der Waals surface area contributed by atoms with Crippen LogP contribution in [0.5, 0.6) is 0 Å². The average Bonchev–Trinajstić information content (AvgIpc) is 2.23. The zero-order valence-corrected chi connectivity index (χ0v) is 8.63. The highest BCUT2D eigenvalue weighted by Gasteiger charge is 1.97. The molecule has 1 heterocycles. The summed E-state index contributed by atoms with van der Waals surface area (Å²) in [5.74, 6) is 0. The molecule has 2 heteroatoms. The Morgan fingerprint density at radius 2 is 2.00 bits per heavy atom. The van der Waals surface area contributed by atoms with Crippen LogP contribution in [0.25, 0.3) is 10.9 Å². The van der Waals surface area contributed by atoms with Gasteiger partial charge in [0.05, 0.1) is 0 Å². The predicted molar refractivity (Wildman–Crippen MR) is 63.0 cm³/mol. The lowest BCUT2D eigenvalue weighted by atomic mass is 10.2. The minimum absolute atomic E-state index is 0.764. The smallest absolute Gasteiger partial charge is 0.106 e. The zero-order valence-electron chi connectivity index (χ0n) is 7.81. The fourth-order valence-corrected chi connectivity index (χ4v) is 1.80. The van der Waals surface area contributed by atoms with Crippen molar-refractivity contribution in [2.24, 2.45) is 0 Å². The Balaban J connectivity index is 2.82. The lowest BCUT2D eigenvalue weighted by molar-refractivity contribution is 0.841. The molecule has 1 nitrogen and oxygen atoms in total. The van der Waals surface area contributed by atoms with Gasteiger partial charge in [-0.05, 0) is 23.6 Å². The quantitative estimate of drug-likeness (QED) is 0.531. The molecule has 0 atom stereocenters. The Kier molecular flexibility index (Phi) is 2.46. The van der Waals surface area contributed by atoms with Crippen molar-refractivity contribution in [3.63, 3.8) is 0 Å². The molecule has 1 aromatic heterocycles. The van der Waals surface area contributed by atoms with Gasteiger partial charge in [0.25, 0.3) is 0 Å². The highest BCUT2D eigenvalue weighted by molar-refractivity contribution is 7.71. The summed E-state index contributed by atoms with van der Waals surface area (Å²) >= 11 is 5.26. The molecule has 2 rings (SSSR count). The molecule has 0 radical (unpaired) electrons. The first-order valence-electron chi connectivity index (χ1n) is 4.52. The average molecular weight is 201 g/mol. The van der Waals surface area contributed by atoms with Gasteiger partial charge in [-0.15, -0.1) is 6.58 Å². The highest BCUT2D eigenvalue weighted by atomic mass is 32.1. The van der Waals surface area contributed by atoms with E-state index in [-0.39, 0.29) is 0 Å². The predicted octanol–water partition coefficient (Wildman–Crippen LogP) is 3.56. The van der Waals surface area contributed by atoms with Crippen LogP contribution < -0.4 is 0 Å². The Hall–Kier alpha value is -1.41. The van der Waals surface area contributed by atoms with Crippen molar-refractivity contribution in [1.82, 2.24) is 4.57 Å². The lowest BCUT2D eigenvalue weighted by Gasteiger charge is -2.08. The van der Waals surface area contributed by atoms with Gasteiger partial charge in [-0.25, -0.2) is 0 Å². The summed E-state index contributed by atoms with van der Waals surface area (Å²) in [6.45, 7) is 4.50. The van der Waals surface area contributed by atoms with Crippen molar-refractivity contribution in [2.45, 2.75) is 6.54 Å². The molecule has 0 bridgehead atoms. The molecule has 0 spiro atoms. The molecule has 1 aromatic carbocycles. The topological polar surface area (TPSA) is 4.93 Å². The molecule has 14 heavy (non-hydrogen) atoms. The van der Waals surface area contributed by atoms with Crippen molar-refractivity contribution >= 4 is 23.1 Å². The molecule has 0 saturated heterocycles. The van der Waals surface area contributed by atoms with Crippen LogP contribution in [0.2, 0.25) is 0 Å². The molecule has 0 aliphatic carbocycles. The number of hydrogen-bond donors (Lipinski definition) is 0. The standard InChI is InChI=1S/C12H11NS/c1-2-9-13-11-6-4-3-5-10(11)7-8-12(13)14/h2-8H,1,9H2. The van der Waals surface area contributed by atoms with Crippen molar-refractivity contribution in [3.05, 3.63) is 53.7 Å². The van der Waals surface area contributed by atoms with E-state index in [4.69, 9.17) is 12.2 Å². The van der Waals surface area contributed by atoms with Crippen LogP contribution in [0.1, 0.15) is 0 Å². The largest absolute Gasteiger partial charge is 0.328 e. The molecular weight excluding hydrogens is 190 g/mol. The van der Waals surface area contributed by atoms with E-state index in [0.717, 1.165) is 11.2 Å². The van der Waals surface area contributed by atoms with Crippen LogP contribution in [-0.2, 0) is 6.54 Å². The third-order valence-electron chi connectivity index (χ3n) is 2.21. The third-order valence-corrected chi connectivity index (χ3v) is 2.57. The van der Waals surface area contributed by atoms with E-state index in [9.17, 15) is 0 Å². The number of nitrogens with zero attached hydrogens (tertiary/aromatic N) is 1. The third kappa shape index (κ3) is 1.49. The summed E-state index contributed by atoms with van der Waals surface area (Å²) in [5, 5.41) is 1.21. The Bertz CT molecular complexity index is 525. The van der Waals surface area contributed by atoms with E-state index in [1.165, 1.54) is 10.9 Å². The van der Waals surface area contributed by atoms with E-state index in [0.29, 0.717) is 0 Å².